The fourth-order valence-corrected chi connectivity index (χ4v) is 5.15. The first kappa shape index (κ1) is 24.7. The molecular weight excluding hydrogens is 466 g/mol. The molecule has 3 aromatic carbocycles. The van der Waals surface area contributed by atoms with Crippen molar-refractivity contribution in [1.29, 1.82) is 0 Å². The summed E-state index contributed by atoms with van der Waals surface area (Å²) in [5.74, 6) is 0.104. The largest absolute Gasteiger partial charge is 0.446 e. The monoisotopic (exact) mass is 497 g/mol. The van der Waals surface area contributed by atoms with E-state index in [0.717, 1.165) is 66.7 Å². The summed E-state index contributed by atoms with van der Waals surface area (Å²) in [6, 6.07) is 23.1. The Morgan fingerprint density at radius 2 is 1.70 bits per heavy atom. The number of carbonyl (C=O) groups excluding carboxylic acids is 3. The first-order chi connectivity index (χ1) is 18.1. The average Bonchev–Trinajstić information content (AvgIpc) is 3.36. The van der Waals surface area contributed by atoms with Crippen molar-refractivity contribution >= 4 is 29.7 Å². The van der Waals surface area contributed by atoms with Gasteiger partial charge in [0.05, 0.1) is 5.69 Å². The maximum atomic E-state index is 12.9. The molecule has 1 fully saturated rings. The second-order valence-corrected chi connectivity index (χ2v) is 9.53. The van der Waals surface area contributed by atoms with E-state index in [1.165, 1.54) is 0 Å². The number of carbonyl (C=O) groups is 3. The third kappa shape index (κ3) is 5.89. The van der Waals surface area contributed by atoms with Gasteiger partial charge in [-0.25, -0.2) is 4.79 Å². The molecule has 190 valence electrons. The van der Waals surface area contributed by atoms with Crippen molar-refractivity contribution in [3.8, 4) is 11.1 Å². The molecule has 0 radical (unpaired) electrons. The first-order valence-corrected chi connectivity index (χ1v) is 12.8. The number of hydrogen-bond acceptors (Lipinski definition) is 5. The fourth-order valence-electron chi connectivity index (χ4n) is 5.15. The van der Waals surface area contributed by atoms with Gasteiger partial charge in [0.1, 0.15) is 12.4 Å². The number of anilines is 2. The first-order valence-electron chi connectivity index (χ1n) is 12.8. The lowest BCUT2D eigenvalue weighted by Gasteiger charge is -2.31. The summed E-state index contributed by atoms with van der Waals surface area (Å²) < 4.78 is 5.72. The van der Waals surface area contributed by atoms with E-state index in [1.807, 2.05) is 71.6 Å². The van der Waals surface area contributed by atoms with Crippen molar-refractivity contribution in [3.63, 3.8) is 0 Å². The minimum atomic E-state index is -0.442. The summed E-state index contributed by atoms with van der Waals surface area (Å²) >= 11 is 0. The van der Waals surface area contributed by atoms with Crippen LogP contribution in [0.5, 0.6) is 0 Å². The third-order valence-electron chi connectivity index (χ3n) is 7.14. The molecule has 7 heteroatoms. The van der Waals surface area contributed by atoms with Crippen molar-refractivity contribution in [3.05, 3.63) is 83.9 Å². The number of fused-ring (bicyclic) bond motifs is 1. The minimum absolute atomic E-state index is 0.104. The molecule has 3 aromatic rings. The van der Waals surface area contributed by atoms with Gasteiger partial charge in [-0.05, 0) is 54.7 Å². The zero-order valence-corrected chi connectivity index (χ0v) is 20.8. The normalized spacial score (nSPS) is 15.7. The van der Waals surface area contributed by atoms with Crippen molar-refractivity contribution in [2.45, 2.75) is 31.8 Å². The number of rotatable bonds is 7. The van der Waals surface area contributed by atoms with Gasteiger partial charge in [-0.1, -0.05) is 48.5 Å². The highest BCUT2D eigenvalue weighted by molar-refractivity contribution is 5.96. The minimum Gasteiger partial charge on any atom is -0.446 e. The van der Waals surface area contributed by atoms with Gasteiger partial charge < -0.3 is 14.5 Å². The second-order valence-electron chi connectivity index (χ2n) is 9.53. The molecule has 7 nitrogen and oxygen atoms in total. The van der Waals surface area contributed by atoms with Crippen LogP contribution in [0.2, 0.25) is 0 Å². The number of ether oxygens (including phenoxy) is 1. The Hall–Kier alpha value is -3.97. The molecule has 5 rings (SSSR count). The molecule has 0 unspecified atom stereocenters. The summed E-state index contributed by atoms with van der Waals surface area (Å²) in [7, 11) is 0. The number of hydrogen-bond donors (Lipinski definition) is 1. The Morgan fingerprint density at radius 3 is 2.49 bits per heavy atom. The molecule has 0 atom stereocenters. The predicted molar refractivity (Wildman–Crippen MR) is 144 cm³/mol. The Bertz CT molecular complexity index is 1270. The molecule has 0 aliphatic carbocycles. The summed E-state index contributed by atoms with van der Waals surface area (Å²) in [6.07, 6.45) is 2.95. The van der Waals surface area contributed by atoms with Crippen LogP contribution in [-0.2, 0) is 16.0 Å². The highest BCUT2D eigenvalue weighted by atomic mass is 16.6. The van der Waals surface area contributed by atoms with E-state index in [0.29, 0.717) is 25.1 Å². The molecule has 2 heterocycles. The Labute approximate surface area is 217 Å². The molecule has 1 saturated heterocycles. The third-order valence-corrected chi connectivity index (χ3v) is 7.14. The fraction of sp³-hybridized carbons (Fsp3) is 0.300. The molecular formula is C30H31N3O4. The number of likely N-dealkylation sites (tertiary alicyclic amines) is 1. The van der Waals surface area contributed by atoms with E-state index >= 15 is 0 Å². The Balaban J connectivity index is 1.07. The molecule has 2 aliphatic heterocycles. The van der Waals surface area contributed by atoms with E-state index in [1.54, 1.807) is 6.07 Å². The van der Waals surface area contributed by atoms with Crippen LogP contribution in [0.3, 0.4) is 0 Å². The van der Waals surface area contributed by atoms with E-state index in [-0.39, 0.29) is 12.0 Å². The molecule has 1 N–H and O–H groups in total. The van der Waals surface area contributed by atoms with Crippen molar-refractivity contribution < 1.29 is 19.1 Å². The van der Waals surface area contributed by atoms with Crippen molar-refractivity contribution in [1.82, 2.24) is 4.90 Å². The smallest absolute Gasteiger partial charge is 0.411 e. The molecule has 2 amide bonds. The molecule has 0 saturated carbocycles. The number of amides is 2. The lowest BCUT2D eigenvalue weighted by molar-refractivity contribution is -0.118. The Kier molecular flexibility index (Phi) is 7.61. The maximum absolute atomic E-state index is 12.9. The molecule has 0 bridgehead atoms. The number of aldehydes is 1. The lowest BCUT2D eigenvalue weighted by Crippen LogP contribution is -2.40. The average molecular weight is 498 g/mol. The van der Waals surface area contributed by atoms with Gasteiger partial charge in [-0.3, -0.25) is 14.9 Å². The maximum Gasteiger partial charge on any atom is 0.411 e. The highest BCUT2D eigenvalue weighted by Crippen LogP contribution is 2.30. The summed E-state index contributed by atoms with van der Waals surface area (Å²) in [5, 5.41) is 2.91. The van der Waals surface area contributed by atoms with Crippen molar-refractivity contribution in [2.75, 3.05) is 36.4 Å². The second kappa shape index (κ2) is 11.4. The van der Waals surface area contributed by atoms with Crippen LogP contribution in [0.15, 0.2) is 72.8 Å². The van der Waals surface area contributed by atoms with Crippen LogP contribution in [0, 0.1) is 0 Å². The standard InChI is InChI=1S/C30H31N3O4/c34-21-22-10-11-28-24(20-22)12-19-33(28)29(35)15-18-32-16-13-25(14-17-32)37-30(36)31-27-9-5-4-8-26(27)23-6-2-1-3-7-23/h1-11,20-21,25H,12-19H2,(H,31,36). The van der Waals surface area contributed by atoms with Crippen LogP contribution >= 0.6 is 0 Å². The van der Waals surface area contributed by atoms with Gasteiger partial charge in [0.15, 0.2) is 0 Å². The predicted octanol–water partition coefficient (Wildman–Crippen LogP) is 5.16. The van der Waals surface area contributed by atoms with E-state index < -0.39 is 6.09 Å². The highest BCUT2D eigenvalue weighted by Gasteiger charge is 2.27. The van der Waals surface area contributed by atoms with Gasteiger partial charge in [-0.2, -0.15) is 0 Å². The summed E-state index contributed by atoms with van der Waals surface area (Å²) in [5.41, 5.74) is 5.32. The number of benzene rings is 3. The van der Waals surface area contributed by atoms with E-state index in [2.05, 4.69) is 10.2 Å². The molecule has 2 aliphatic rings. The van der Waals surface area contributed by atoms with Crippen LogP contribution in [0.25, 0.3) is 11.1 Å². The number of para-hydroxylation sites is 1. The van der Waals surface area contributed by atoms with Gasteiger partial charge in [0, 0.05) is 49.4 Å². The lowest BCUT2D eigenvalue weighted by atomic mass is 10.0. The van der Waals surface area contributed by atoms with Gasteiger partial charge in [0.25, 0.3) is 0 Å². The van der Waals surface area contributed by atoms with Crippen LogP contribution in [0.4, 0.5) is 16.2 Å². The van der Waals surface area contributed by atoms with Crippen LogP contribution < -0.4 is 10.2 Å². The Morgan fingerprint density at radius 1 is 0.946 bits per heavy atom. The summed E-state index contributed by atoms with van der Waals surface area (Å²) in [4.78, 5) is 40.6. The number of nitrogens with one attached hydrogen (secondary N) is 1. The zero-order chi connectivity index (χ0) is 25.6. The van der Waals surface area contributed by atoms with Gasteiger partial charge in [-0.15, -0.1) is 0 Å². The van der Waals surface area contributed by atoms with Crippen LogP contribution in [-0.4, -0.2) is 55.5 Å². The quantitative estimate of drug-likeness (QED) is 0.456. The molecule has 0 aromatic heterocycles. The van der Waals surface area contributed by atoms with E-state index in [4.69, 9.17) is 4.74 Å². The molecule has 0 spiro atoms. The number of nitrogens with zero attached hydrogens (tertiary/aromatic N) is 2. The van der Waals surface area contributed by atoms with E-state index in [9.17, 15) is 14.4 Å². The topological polar surface area (TPSA) is 79.0 Å². The number of piperidine rings is 1. The van der Waals surface area contributed by atoms with Gasteiger partial charge >= 0.3 is 6.09 Å². The zero-order valence-electron chi connectivity index (χ0n) is 20.8. The summed E-state index contributed by atoms with van der Waals surface area (Å²) in [6.45, 7) is 2.91. The van der Waals surface area contributed by atoms with Crippen LogP contribution in [0.1, 0.15) is 35.2 Å². The van der Waals surface area contributed by atoms with Gasteiger partial charge in [0.2, 0.25) is 5.91 Å². The van der Waals surface area contributed by atoms with Crippen molar-refractivity contribution in [2.24, 2.45) is 0 Å². The molecule has 37 heavy (non-hydrogen) atoms. The SMILES string of the molecule is O=Cc1ccc2c(c1)CCN2C(=O)CCN1CCC(OC(=O)Nc2ccccc2-c2ccccc2)CC1.